The predicted molar refractivity (Wildman–Crippen MR) is 75.6 cm³/mol. The monoisotopic (exact) mass is 307 g/mol. The third kappa shape index (κ3) is 2.79. The zero-order valence-electron chi connectivity index (χ0n) is 10.0. The Kier molecular flexibility index (Phi) is 3.81. The molecule has 0 atom stereocenters. The van der Waals surface area contributed by atoms with Crippen LogP contribution in [0.25, 0.3) is 0 Å². The maximum Gasteiger partial charge on any atom is 0.256 e. The summed E-state index contributed by atoms with van der Waals surface area (Å²) in [7, 11) is 0. The van der Waals surface area contributed by atoms with Crippen molar-refractivity contribution < 1.29 is 0 Å². The fourth-order valence-corrected chi connectivity index (χ4v) is 2.05. The summed E-state index contributed by atoms with van der Waals surface area (Å²) in [4.78, 5) is 18.8. The van der Waals surface area contributed by atoms with Gasteiger partial charge in [0.05, 0.1) is 5.56 Å². The van der Waals surface area contributed by atoms with Gasteiger partial charge in [-0.15, -0.1) is 0 Å². The van der Waals surface area contributed by atoms with E-state index >= 15 is 0 Å². The first-order chi connectivity index (χ1) is 8.60. The first-order valence-electron chi connectivity index (χ1n) is 5.72. The van der Waals surface area contributed by atoms with E-state index in [1.807, 2.05) is 31.2 Å². The number of aromatic nitrogens is 2. The van der Waals surface area contributed by atoms with E-state index in [0.717, 1.165) is 10.0 Å². The molecule has 1 heterocycles. The van der Waals surface area contributed by atoms with E-state index < -0.39 is 0 Å². The molecule has 3 N–H and O–H groups in total. The molecule has 0 unspecified atom stereocenters. The quantitative estimate of drug-likeness (QED) is 0.913. The standard InChI is InChI=1S/C13H14BrN3O/c1-2-10-12(15)16-11(17-13(10)18)7-8-3-5-9(14)6-4-8/h3-6H,2,7H2,1H3,(H3,15,16,17,18). The van der Waals surface area contributed by atoms with Gasteiger partial charge >= 0.3 is 0 Å². The van der Waals surface area contributed by atoms with Crippen molar-refractivity contribution in [2.24, 2.45) is 0 Å². The summed E-state index contributed by atoms with van der Waals surface area (Å²) in [5.74, 6) is 0.922. The summed E-state index contributed by atoms with van der Waals surface area (Å²) >= 11 is 3.38. The highest BCUT2D eigenvalue weighted by Crippen LogP contribution is 2.13. The molecule has 0 spiro atoms. The van der Waals surface area contributed by atoms with Gasteiger partial charge in [-0.1, -0.05) is 35.0 Å². The zero-order chi connectivity index (χ0) is 13.1. The van der Waals surface area contributed by atoms with Gasteiger partial charge in [-0.25, -0.2) is 4.98 Å². The lowest BCUT2D eigenvalue weighted by Crippen LogP contribution is -2.19. The topological polar surface area (TPSA) is 71.8 Å². The van der Waals surface area contributed by atoms with Gasteiger partial charge in [-0.2, -0.15) is 0 Å². The summed E-state index contributed by atoms with van der Waals surface area (Å²) in [6.07, 6.45) is 1.16. The molecule has 1 aromatic carbocycles. The van der Waals surface area contributed by atoms with Crippen LogP contribution in [0.4, 0.5) is 5.82 Å². The molecule has 0 aliphatic carbocycles. The minimum Gasteiger partial charge on any atom is -0.383 e. The fraction of sp³-hybridized carbons (Fsp3) is 0.231. The minimum absolute atomic E-state index is 0.142. The van der Waals surface area contributed by atoms with Crippen LogP contribution in [0.2, 0.25) is 0 Å². The number of anilines is 1. The largest absolute Gasteiger partial charge is 0.383 e. The summed E-state index contributed by atoms with van der Waals surface area (Å²) in [5.41, 5.74) is 7.25. The van der Waals surface area contributed by atoms with Gasteiger partial charge < -0.3 is 10.7 Å². The Bertz CT molecular complexity index is 605. The summed E-state index contributed by atoms with van der Waals surface area (Å²) in [6.45, 7) is 1.89. The van der Waals surface area contributed by atoms with E-state index in [9.17, 15) is 4.79 Å². The van der Waals surface area contributed by atoms with E-state index in [1.54, 1.807) is 0 Å². The molecule has 4 nitrogen and oxygen atoms in total. The van der Waals surface area contributed by atoms with Crippen molar-refractivity contribution in [3.63, 3.8) is 0 Å². The molecular weight excluding hydrogens is 294 g/mol. The van der Waals surface area contributed by atoms with E-state index in [0.29, 0.717) is 30.0 Å². The first-order valence-corrected chi connectivity index (χ1v) is 6.51. The van der Waals surface area contributed by atoms with Crippen LogP contribution in [0.15, 0.2) is 33.5 Å². The molecule has 5 heteroatoms. The number of H-pyrrole nitrogens is 1. The molecule has 2 rings (SSSR count). The summed E-state index contributed by atoms with van der Waals surface area (Å²) in [5, 5.41) is 0. The third-order valence-electron chi connectivity index (χ3n) is 2.73. The van der Waals surface area contributed by atoms with Crippen molar-refractivity contribution >= 4 is 21.7 Å². The van der Waals surface area contributed by atoms with Crippen LogP contribution in [-0.4, -0.2) is 9.97 Å². The second-order valence-electron chi connectivity index (χ2n) is 4.03. The zero-order valence-corrected chi connectivity index (χ0v) is 11.6. The van der Waals surface area contributed by atoms with Gasteiger partial charge in [0.2, 0.25) is 0 Å². The number of nitrogens with one attached hydrogen (secondary N) is 1. The summed E-state index contributed by atoms with van der Waals surface area (Å²) in [6, 6.07) is 7.87. The lowest BCUT2D eigenvalue weighted by atomic mass is 10.1. The Balaban J connectivity index is 2.30. The van der Waals surface area contributed by atoms with Gasteiger partial charge in [-0.3, -0.25) is 4.79 Å². The smallest absolute Gasteiger partial charge is 0.256 e. The van der Waals surface area contributed by atoms with Crippen LogP contribution in [0.1, 0.15) is 23.9 Å². The van der Waals surface area contributed by atoms with Gasteiger partial charge in [-0.05, 0) is 24.1 Å². The molecule has 0 saturated carbocycles. The normalized spacial score (nSPS) is 10.6. The average molecular weight is 308 g/mol. The van der Waals surface area contributed by atoms with E-state index in [4.69, 9.17) is 5.73 Å². The highest BCUT2D eigenvalue weighted by Gasteiger charge is 2.07. The molecule has 1 aromatic heterocycles. The molecule has 0 amide bonds. The van der Waals surface area contributed by atoms with E-state index in [2.05, 4.69) is 25.9 Å². The molecule has 18 heavy (non-hydrogen) atoms. The van der Waals surface area contributed by atoms with Crippen molar-refractivity contribution in [3.05, 3.63) is 56.0 Å². The number of nitrogens with two attached hydrogens (primary N) is 1. The van der Waals surface area contributed by atoms with Gasteiger partial charge in [0.25, 0.3) is 5.56 Å². The summed E-state index contributed by atoms with van der Waals surface area (Å²) < 4.78 is 1.02. The number of rotatable bonds is 3. The van der Waals surface area contributed by atoms with Crippen molar-refractivity contribution in [1.29, 1.82) is 0 Å². The number of hydrogen-bond acceptors (Lipinski definition) is 3. The van der Waals surface area contributed by atoms with Crippen LogP contribution in [0.5, 0.6) is 0 Å². The second-order valence-corrected chi connectivity index (χ2v) is 4.95. The minimum atomic E-state index is -0.142. The highest BCUT2D eigenvalue weighted by atomic mass is 79.9. The first kappa shape index (κ1) is 12.8. The molecule has 94 valence electrons. The molecule has 2 aromatic rings. The number of halogens is 1. The Labute approximate surface area is 113 Å². The number of hydrogen-bond donors (Lipinski definition) is 2. The average Bonchev–Trinajstić information content (AvgIpc) is 2.32. The predicted octanol–water partition coefficient (Wildman–Crippen LogP) is 2.27. The molecular formula is C13H14BrN3O. The maximum absolute atomic E-state index is 11.8. The van der Waals surface area contributed by atoms with Crippen molar-refractivity contribution in [2.75, 3.05) is 5.73 Å². The molecule has 0 aliphatic heterocycles. The van der Waals surface area contributed by atoms with Crippen molar-refractivity contribution in [3.8, 4) is 0 Å². The number of nitrogen functional groups attached to an aromatic ring is 1. The van der Waals surface area contributed by atoms with Crippen LogP contribution < -0.4 is 11.3 Å². The maximum atomic E-state index is 11.8. The van der Waals surface area contributed by atoms with Gasteiger partial charge in [0, 0.05) is 10.9 Å². The molecule has 0 bridgehead atoms. The van der Waals surface area contributed by atoms with Crippen LogP contribution in [-0.2, 0) is 12.8 Å². The van der Waals surface area contributed by atoms with Crippen molar-refractivity contribution in [1.82, 2.24) is 9.97 Å². The lowest BCUT2D eigenvalue weighted by molar-refractivity contribution is 0.916. The molecule has 0 saturated heterocycles. The number of benzene rings is 1. The van der Waals surface area contributed by atoms with Gasteiger partial charge in [0.15, 0.2) is 0 Å². The molecule has 0 aliphatic rings. The Hall–Kier alpha value is -1.62. The van der Waals surface area contributed by atoms with Crippen LogP contribution in [0, 0.1) is 0 Å². The fourth-order valence-electron chi connectivity index (χ4n) is 1.78. The van der Waals surface area contributed by atoms with E-state index in [1.165, 1.54) is 0 Å². The number of nitrogens with zero attached hydrogens (tertiary/aromatic N) is 1. The Morgan fingerprint density at radius 2 is 2.00 bits per heavy atom. The third-order valence-corrected chi connectivity index (χ3v) is 3.26. The SMILES string of the molecule is CCc1c(N)nc(Cc2ccc(Br)cc2)[nH]c1=O. The van der Waals surface area contributed by atoms with E-state index in [-0.39, 0.29) is 5.56 Å². The lowest BCUT2D eigenvalue weighted by Gasteiger charge is -2.05. The molecule has 0 fully saturated rings. The van der Waals surface area contributed by atoms with Crippen LogP contribution in [0.3, 0.4) is 0 Å². The van der Waals surface area contributed by atoms with Crippen LogP contribution >= 0.6 is 15.9 Å². The second kappa shape index (κ2) is 5.35. The number of aromatic amines is 1. The van der Waals surface area contributed by atoms with Gasteiger partial charge in [0.1, 0.15) is 11.6 Å². The highest BCUT2D eigenvalue weighted by molar-refractivity contribution is 9.10. The Morgan fingerprint density at radius 3 is 2.56 bits per heavy atom. The molecule has 0 radical (unpaired) electrons. The Morgan fingerprint density at radius 1 is 1.33 bits per heavy atom. The van der Waals surface area contributed by atoms with Crippen molar-refractivity contribution in [2.45, 2.75) is 19.8 Å².